The summed E-state index contributed by atoms with van der Waals surface area (Å²) < 4.78 is 0. The molecular formula is C12H17N5O2. The molecule has 0 saturated carbocycles. The Kier molecular flexibility index (Phi) is 3.08. The average molecular weight is 263 g/mol. The van der Waals surface area contributed by atoms with Crippen LogP contribution >= 0.6 is 0 Å². The van der Waals surface area contributed by atoms with Crippen LogP contribution in [0.25, 0.3) is 0 Å². The molecular weight excluding hydrogens is 246 g/mol. The van der Waals surface area contributed by atoms with E-state index < -0.39 is 4.92 Å². The molecule has 2 aliphatic rings. The molecule has 0 unspecified atom stereocenters. The molecule has 3 heterocycles. The Labute approximate surface area is 111 Å². The highest BCUT2D eigenvalue weighted by atomic mass is 16.6. The first-order valence-corrected chi connectivity index (χ1v) is 6.50. The lowest BCUT2D eigenvalue weighted by atomic mass is 9.88. The molecule has 0 bridgehead atoms. The molecule has 0 amide bonds. The van der Waals surface area contributed by atoms with Gasteiger partial charge in [-0.1, -0.05) is 0 Å². The van der Waals surface area contributed by atoms with E-state index in [9.17, 15) is 10.1 Å². The predicted octanol–water partition coefficient (Wildman–Crippen LogP) is 0.479. The van der Waals surface area contributed by atoms with Crippen LogP contribution in [0.5, 0.6) is 0 Å². The number of nitrogens with one attached hydrogen (secondary N) is 2. The maximum absolute atomic E-state index is 10.6. The van der Waals surface area contributed by atoms with Crippen molar-refractivity contribution in [1.29, 1.82) is 0 Å². The zero-order chi connectivity index (χ0) is 13.3. The monoisotopic (exact) mass is 263 g/mol. The maximum Gasteiger partial charge on any atom is 0.287 e. The Morgan fingerprint density at radius 1 is 1.37 bits per heavy atom. The van der Waals surface area contributed by atoms with Gasteiger partial charge in [-0.25, -0.2) is 4.98 Å². The van der Waals surface area contributed by atoms with E-state index >= 15 is 0 Å². The van der Waals surface area contributed by atoms with Gasteiger partial charge < -0.3 is 10.2 Å². The average Bonchev–Trinajstić information content (AvgIpc) is 2.88. The minimum absolute atomic E-state index is 0.0406. The smallest absolute Gasteiger partial charge is 0.287 e. The van der Waals surface area contributed by atoms with Crippen LogP contribution in [-0.4, -0.2) is 41.7 Å². The molecule has 7 nitrogen and oxygen atoms in total. The number of hydrogen-bond donors (Lipinski definition) is 2. The van der Waals surface area contributed by atoms with Crippen molar-refractivity contribution in [3.8, 4) is 0 Å². The number of nitrogens with zero attached hydrogens (tertiary/aromatic N) is 3. The lowest BCUT2D eigenvalue weighted by Crippen LogP contribution is -2.52. The first-order valence-electron chi connectivity index (χ1n) is 6.50. The Bertz CT molecular complexity index is 460. The van der Waals surface area contributed by atoms with Crippen LogP contribution in [0.2, 0.25) is 0 Å². The molecule has 1 aromatic rings. The van der Waals surface area contributed by atoms with E-state index in [-0.39, 0.29) is 11.2 Å². The number of piperidine rings is 1. The van der Waals surface area contributed by atoms with Gasteiger partial charge in [0.25, 0.3) is 5.69 Å². The van der Waals surface area contributed by atoms with Gasteiger partial charge >= 0.3 is 0 Å². The number of anilines is 1. The van der Waals surface area contributed by atoms with Gasteiger partial charge in [-0.3, -0.25) is 15.4 Å². The topological polar surface area (TPSA) is 83.3 Å². The summed E-state index contributed by atoms with van der Waals surface area (Å²) in [5, 5.41) is 17.5. The molecule has 3 rings (SSSR count). The molecule has 0 atom stereocenters. The molecule has 1 aromatic heterocycles. The van der Waals surface area contributed by atoms with Gasteiger partial charge in [0.15, 0.2) is 0 Å². The molecule has 2 N–H and O–H groups in total. The van der Waals surface area contributed by atoms with Crippen LogP contribution in [-0.2, 0) is 0 Å². The van der Waals surface area contributed by atoms with E-state index in [0.29, 0.717) is 0 Å². The minimum Gasteiger partial charge on any atom is -0.356 e. The van der Waals surface area contributed by atoms with Crippen molar-refractivity contribution < 1.29 is 4.92 Å². The van der Waals surface area contributed by atoms with Crippen molar-refractivity contribution in [2.45, 2.75) is 18.4 Å². The van der Waals surface area contributed by atoms with E-state index in [0.717, 1.165) is 45.0 Å². The molecule has 1 spiro atoms. The van der Waals surface area contributed by atoms with Gasteiger partial charge in [0, 0.05) is 37.9 Å². The minimum atomic E-state index is -0.421. The summed E-state index contributed by atoms with van der Waals surface area (Å²) in [7, 11) is 0. The lowest BCUT2D eigenvalue weighted by Gasteiger charge is -2.39. The van der Waals surface area contributed by atoms with Crippen LogP contribution in [0.15, 0.2) is 18.3 Å². The fourth-order valence-electron chi connectivity index (χ4n) is 2.80. The van der Waals surface area contributed by atoms with E-state index in [1.807, 2.05) is 0 Å². The third kappa shape index (κ3) is 2.39. The summed E-state index contributed by atoms with van der Waals surface area (Å²) in [4.78, 5) is 16.6. The molecule has 7 heteroatoms. The Morgan fingerprint density at radius 2 is 2.16 bits per heavy atom. The zero-order valence-electron chi connectivity index (χ0n) is 10.6. The molecule has 102 valence electrons. The highest BCUT2D eigenvalue weighted by Gasteiger charge is 2.36. The van der Waals surface area contributed by atoms with Crippen LogP contribution in [0.1, 0.15) is 12.8 Å². The van der Waals surface area contributed by atoms with Gasteiger partial charge in [0.2, 0.25) is 0 Å². The van der Waals surface area contributed by atoms with E-state index in [2.05, 4.69) is 20.5 Å². The highest BCUT2D eigenvalue weighted by Crippen LogP contribution is 2.27. The van der Waals surface area contributed by atoms with Gasteiger partial charge in [-0.2, -0.15) is 0 Å². The van der Waals surface area contributed by atoms with Crippen LogP contribution < -0.4 is 15.5 Å². The number of nitro groups is 1. The van der Waals surface area contributed by atoms with E-state index in [1.165, 1.54) is 12.3 Å². The summed E-state index contributed by atoms with van der Waals surface area (Å²) in [5.41, 5.74) is 0.274. The Morgan fingerprint density at radius 3 is 2.68 bits per heavy atom. The van der Waals surface area contributed by atoms with Gasteiger partial charge in [0.1, 0.15) is 12.0 Å². The van der Waals surface area contributed by atoms with Gasteiger partial charge in [-0.05, 0) is 18.9 Å². The second-order valence-corrected chi connectivity index (χ2v) is 5.18. The standard InChI is InChI=1S/C12H17N5O2/c18-17(19)10-1-2-11(14-7-10)16-5-3-12(4-6-16)8-13-9-15-12/h1-2,7,13,15H,3-6,8-9H2. The second kappa shape index (κ2) is 4.75. The maximum atomic E-state index is 10.6. The second-order valence-electron chi connectivity index (χ2n) is 5.18. The Balaban J connectivity index is 1.66. The Hall–Kier alpha value is -1.73. The first kappa shape index (κ1) is 12.3. The van der Waals surface area contributed by atoms with Gasteiger partial charge in [-0.15, -0.1) is 0 Å². The number of hydrogen-bond acceptors (Lipinski definition) is 6. The summed E-state index contributed by atoms with van der Waals surface area (Å²) in [6.45, 7) is 3.77. The van der Waals surface area contributed by atoms with Crippen molar-refractivity contribution in [2.24, 2.45) is 0 Å². The summed E-state index contributed by atoms with van der Waals surface area (Å²) in [6, 6.07) is 3.25. The summed E-state index contributed by atoms with van der Waals surface area (Å²) in [6.07, 6.45) is 3.46. The van der Waals surface area contributed by atoms with E-state index in [4.69, 9.17) is 0 Å². The quantitative estimate of drug-likeness (QED) is 0.596. The molecule has 0 aliphatic carbocycles. The molecule has 2 fully saturated rings. The fraction of sp³-hybridized carbons (Fsp3) is 0.583. The van der Waals surface area contributed by atoms with Crippen molar-refractivity contribution in [3.63, 3.8) is 0 Å². The van der Waals surface area contributed by atoms with Crippen molar-refractivity contribution in [2.75, 3.05) is 31.2 Å². The normalized spacial score (nSPS) is 21.8. The third-order valence-corrected chi connectivity index (χ3v) is 4.04. The number of pyridine rings is 1. The molecule has 0 radical (unpaired) electrons. The summed E-state index contributed by atoms with van der Waals surface area (Å²) in [5.74, 6) is 0.825. The van der Waals surface area contributed by atoms with E-state index in [1.54, 1.807) is 6.07 Å². The van der Waals surface area contributed by atoms with Crippen LogP contribution in [0, 0.1) is 10.1 Å². The van der Waals surface area contributed by atoms with Gasteiger partial charge in [0.05, 0.1) is 4.92 Å². The molecule has 2 aliphatic heterocycles. The summed E-state index contributed by atoms with van der Waals surface area (Å²) >= 11 is 0. The third-order valence-electron chi connectivity index (χ3n) is 4.04. The fourth-order valence-corrected chi connectivity index (χ4v) is 2.80. The van der Waals surface area contributed by atoms with Crippen molar-refractivity contribution >= 4 is 11.5 Å². The molecule has 2 saturated heterocycles. The van der Waals surface area contributed by atoms with Crippen LogP contribution in [0.3, 0.4) is 0 Å². The molecule has 19 heavy (non-hydrogen) atoms. The zero-order valence-corrected chi connectivity index (χ0v) is 10.6. The van der Waals surface area contributed by atoms with Crippen molar-refractivity contribution in [1.82, 2.24) is 15.6 Å². The number of rotatable bonds is 2. The predicted molar refractivity (Wildman–Crippen MR) is 71.1 cm³/mol. The highest BCUT2D eigenvalue weighted by molar-refractivity contribution is 5.43. The molecule has 0 aromatic carbocycles. The largest absolute Gasteiger partial charge is 0.356 e. The lowest BCUT2D eigenvalue weighted by molar-refractivity contribution is -0.385. The first-order chi connectivity index (χ1) is 9.19. The number of aromatic nitrogens is 1. The van der Waals surface area contributed by atoms with Crippen LogP contribution in [0.4, 0.5) is 11.5 Å². The SMILES string of the molecule is O=[N+]([O-])c1ccc(N2CCC3(CC2)CNCN3)nc1. The van der Waals surface area contributed by atoms with Crippen molar-refractivity contribution in [3.05, 3.63) is 28.4 Å².